The van der Waals surface area contributed by atoms with Crippen molar-refractivity contribution in [2.24, 2.45) is 34.5 Å². The van der Waals surface area contributed by atoms with Gasteiger partial charge in [-0.2, -0.15) is 0 Å². The minimum Gasteiger partial charge on any atom is -0.395 e. The zero-order chi connectivity index (χ0) is 14.7. The topological polar surface area (TPSA) is 37.3 Å². The van der Waals surface area contributed by atoms with Gasteiger partial charge in [0.15, 0.2) is 5.78 Å². The third kappa shape index (κ3) is 1.72. The molecule has 0 saturated heterocycles. The lowest BCUT2D eigenvalue weighted by Crippen LogP contribution is -2.54. The maximum Gasteiger partial charge on any atom is 0.164 e. The summed E-state index contributed by atoms with van der Waals surface area (Å²) in [5.74, 6) is 2.83. The van der Waals surface area contributed by atoms with Crippen molar-refractivity contribution in [2.45, 2.75) is 58.3 Å². The van der Waals surface area contributed by atoms with Crippen LogP contribution in [0.3, 0.4) is 0 Å². The monoisotopic (exact) mass is 288 g/mol. The van der Waals surface area contributed by atoms with Crippen molar-refractivity contribution in [3.8, 4) is 0 Å². The number of aliphatic hydroxyl groups excluding tert-OH is 1. The van der Waals surface area contributed by atoms with E-state index in [1.165, 1.54) is 38.5 Å². The van der Waals surface area contributed by atoms with Crippen LogP contribution >= 0.6 is 0 Å². The zero-order valence-electron chi connectivity index (χ0n) is 13.2. The Kier molecular flexibility index (Phi) is 3.12. The number of fused-ring (bicyclic) bond motifs is 5. The number of allylic oxidation sites excluding steroid dienone is 2. The van der Waals surface area contributed by atoms with Crippen LogP contribution in [0.5, 0.6) is 0 Å². The lowest BCUT2D eigenvalue weighted by Gasteiger charge is -2.59. The van der Waals surface area contributed by atoms with Gasteiger partial charge in [-0.15, -0.1) is 0 Å². The summed E-state index contributed by atoms with van der Waals surface area (Å²) in [6.07, 6.45) is 14.2. The molecule has 0 aliphatic heterocycles. The molecule has 0 aromatic heterocycles. The van der Waals surface area contributed by atoms with E-state index in [0.29, 0.717) is 17.3 Å². The fourth-order valence-electron chi connectivity index (χ4n) is 6.67. The summed E-state index contributed by atoms with van der Waals surface area (Å²) >= 11 is 0. The number of aliphatic hydroxyl groups is 1. The van der Waals surface area contributed by atoms with Crippen molar-refractivity contribution in [1.82, 2.24) is 0 Å². The van der Waals surface area contributed by atoms with Gasteiger partial charge in [0, 0.05) is 0 Å². The summed E-state index contributed by atoms with van der Waals surface area (Å²) in [7, 11) is 0. The first-order valence-electron chi connectivity index (χ1n) is 8.95. The Balaban J connectivity index is 1.68. The van der Waals surface area contributed by atoms with Crippen LogP contribution in [0, 0.1) is 34.5 Å². The van der Waals surface area contributed by atoms with Crippen molar-refractivity contribution in [3.05, 3.63) is 12.2 Å². The molecule has 3 fully saturated rings. The molecule has 3 saturated carbocycles. The average molecular weight is 288 g/mol. The molecule has 0 aromatic carbocycles. The van der Waals surface area contributed by atoms with E-state index in [1.807, 2.05) is 0 Å². The maximum atomic E-state index is 12.4. The fraction of sp³-hybridized carbons (Fsp3) is 0.842. The van der Waals surface area contributed by atoms with E-state index in [9.17, 15) is 9.90 Å². The minimum absolute atomic E-state index is 0.0485. The molecule has 4 aliphatic rings. The summed E-state index contributed by atoms with van der Waals surface area (Å²) in [5.41, 5.74) is 0.0568. The van der Waals surface area contributed by atoms with Gasteiger partial charge in [0.05, 0.1) is 12.0 Å². The molecule has 0 unspecified atom stereocenters. The summed E-state index contributed by atoms with van der Waals surface area (Å²) in [6, 6.07) is 0. The van der Waals surface area contributed by atoms with Gasteiger partial charge in [-0.25, -0.2) is 0 Å². The first kappa shape index (κ1) is 14.0. The van der Waals surface area contributed by atoms with E-state index in [4.69, 9.17) is 0 Å². The van der Waals surface area contributed by atoms with Gasteiger partial charge in [0.2, 0.25) is 0 Å². The number of carbonyl (C=O) groups is 1. The number of carbonyl (C=O) groups excluding carboxylic acids is 1. The average Bonchev–Trinajstić information content (AvgIpc) is 2.84. The lowest BCUT2D eigenvalue weighted by molar-refractivity contribution is -0.143. The van der Waals surface area contributed by atoms with E-state index in [2.05, 4.69) is 13.0 Å². The second-order valence-electron chi connectivity index (χ2n) is 8.40. The Bertz CT molecular complexity index is 482. The molecule has 4 aliphatic carbocycles. The Morgan fingerprint density at radius 3 is 2.86 bits per heavy atom. The normalized spacial score (nSPS) is 52.2. The van der Waals surface area contributed by atoms with Gasteiger partial charge in [-0.3, -0.25) is 4.79 Å². The third-order valence-electron chi connectivity index (χ3n) is 7.89. The Morgan fingerprint density at radius 1 is 1.19 bits per heavy atom. The zero-order valence-corrected chi connectivity index (χ0v) is 13.2. The second-order valence-corrected chi connectivity index (χ2v) is 8.40. The van der Waals surface area contributed by atoms with Crippen molar-refractivity contribution in [2.75, 3.05) is 6.61 Å². The molecule has 0 radical (unpaired) electrons. The van der Waals surface area contributed by atoms with Gasteiger partial charge >= 0.3 is 0 Å². The van der Waals surface area contributed by atoms with Crippen LogP contribution in [-0.2, 0) is 4.79 Å². The summed E-state index contributed by atoms with van der Waals surface area (Å²) in [5, 5.41) is 9.95. The molecule has 0 amide bonds. The largest absolute Gasteiger partial charge is 0.395 e. The molecule has 0 aromatic rings. The molecule has 1 N–H and O–H groups in total. The quantitative estimate of drug-likeness (QED) is 0.798. The number of hydrogen-bond donors (Lipinski definition) is 1. The molecule has 2 nitrogen and oxygen atoms in total. The Morgan fingerprint density at radius 2 is 2.05 bits per heavy atom. The van der Waals surface area contributed by atoms with E-state index in [0.717, 1.165) is 24.7 Å². The van der Waals surface area contributed by atoms with E-state index in [1.54, 1.807) is 6.08 Å². The van der Waals surface area contributed by atoms with Crippen LogP contribution < -0.4 is 0 Å². The predicted molar refractivity (Wildman–Crippen MR) is 82.7 cm³/mol. The van der Waals surface area contributed by atoms with Crippen LogP contribution in [0.1, 0.15) is 58.3 Å². The molecule has 2 heteroatoms. The SMILES string of the molecule is C[C@]12CCCC[C@@H]1CC[C@H]1[C@@H]3C=CC(=O)[C@@]3(CO)CC[C@@H]12. The smallest absolute Gasteiger partial charge is 0.164 e. The van der Waals surface area contributed by atoms with Crippen LogP contribution in [0.4, 0.5) is 0 Å². The first-order valence-corrected chi connectivity index (χ1v) is 8.95. The Hall–Kier alpha value is -0.630. The molecule has 0 bridgehead atoms. The molecule has 0 spiro atoms. The Labute approximate surface area is 128 Å². The highest BCUT2D eigenvalue weighted by Crippen LogP contribution is 2.64. The van der Waals surface area contributed by atoms with Crippen LogP contribution in [0.25, 0.3) is 0 Å². The lowest BCUT2D eigenvalue weighted by atomic mass is 9.45. The highest BCUT2D eigenvalue weighted by atomic mass is 16.3. The summed E-state index contributed by atoms with van der Waals surface area (Å²) in [4.78, 5) is 12.4. The summed E-state index contributed by atoms with van der Waals surface area (Å²) in [6.45, 7) is 2.59. The highest BCUT2D eigenvalue weighted by Gasteiger charge is 2.59. The van der Waals surface area contributed by atoms with E-state index < -0.39 is 5.41 Å². The molecule has 6 atom stereocenters. The van der Waals surface area contributed by atoms with E-state index in [-0.39, 0.29) is 12.4 Å². The van der Waals surface area contributed by atoms with Crippen molar-refractivity contribution in [3.63, 3.8) is 0 Å². The maximum absolute atomic E-state index is 12.4. The molecule has 116 valence electrons. The predicted octanol–water partition coefficient (Wildman–Crippen LogP) is 3.74. The number of rotatable bonds is 1. The molecular weight excluding hydrogens is 260 g/mol. The van der Waals surface area contributed by atoms with Crippen LogP contribution in [0.15, 0.2) is 12.2 Å². The molecule has 0 heterocycles. The van der Waals surface area contributed by atoms with Gasteiger partial charge in [-0.1, -0.05) is 25.8 Å². The van der Waals surface area contributed by atoms with Crippen LogP contribution in [-0.4, -0.2) is 17.5 Å². The van der Waals surface area contributed by atoms with Gasteiger partial charge in [0.1, 0.15) is 0 Å². The van der Waals surface area contributed by atoms with Gasteiger partial charge < -0.3 is 5.11 Å². The standard InChI is InChI=1S/C19H28O2/c1-18-10-3-2-4-13(18)5-6-14-15(18)9-11-19(12-20)16(14)7-8-17(19)21/h7-8,13-16,20H,2-6,9-12H2,1H3/t13-,14-,15+,16+,18+,19-/m1/s1. The van der Waals surface area contributed by atoms with Gasteiger partial charge in [0.25, 0.3) is 0 Å². The van der Waals surface area contributed by atoms with Crippen molar-refractivity contribution >= 4 is 5.78 Å². The molecular formula is C19H28O2. The van der Waals surface area contributed by atoms with Gasteiger partial charge in [-0.05, 0) is 73.7 Å². The second kappa shape index (κ2) is 4.68. The van der Waals surface area contributed by atoms with Crippen LogP contribution in [0.2, 0.25) is 0 Å². The van der Waals surface area contributed by atoms with Crippen molar-refractivity contribution in [1.29, 1.82) is 0 Å². The minimum atomic E-state index is -0.445. The number of hydrogen-bond acceptors (Lipinski definition) is 2. The van der Waals surface area contributed by atoms with E-state index >= 15 is 0 Å². The third-order valence-corrected chi connectivity index (χ3v) is 7.89. The number of ketones is 1. The molecule has 4 rings (SSSR count). The molecule has 21 heavy (non-hydrogen) atoms. The first-order chi connectivity index (χ1) is 10.1. The summed E-state index contributed by atoms with van der Waals surface area (Å²) < 4.78 is 0. The fourth-order valence-corrected chi connectivity index (χ4v) is 6.67. The highest BCUT2D eigenvalue weighted by molar-refractivity contribution is 5.98. The van der Waals surface area contributed by atoms with Crippen molar-refractivity contribution < 1.29 is 9.90 Å².